The average Bonchev–Trinajstić information content (AvgIpc) is 1.71. The SMILES string of the molecule is C=O.CC(C)(C)OO.[Na]. The summed E-state index contributed by atoms with van der Waals surface area (Å²) >= 11 is 0. The van der Waals surface area contributed by atoms with Gasteiger partial charge in [-0.2, -0.15) is 0 Å². The van der Waals surface area contributed by atoms with E-state index in [9.17, 15) is 0 Å². The zero-order valence-electron chi connectivity index (χ0n) is 6.47. The third kappa shape index (κ3) is 28.9. The van der Waals surface area contributed by atoms with Crippen LogP contribution in [-0.2, 0) is 9.68 Å². The van der Waals surface area contributed by atoms with Crippen molar-refractivity contribution in [3.05, 3.63) is 0 Å². The molecule has 4 heteroatoms. The van der Waals surface area contributed by atoms with Crippen molar-refractivity contribution >= 4 is 36.3 Å². The van der Waals surface area contributed by atoms with Crippen LogP contribution in [0.1, 0.15) is 20.8 Å². The molecule has 0 saturated heterocycles. The first-order valence-electron chi connectivity index (χ1n) is 2.18. The van der Waals surface area contributed by atoms with E-state index in [1.807, 2.05) is 6.79 Å². The van der Waals surface area contributed by atoms with Crippen LogP contribution in [0.25, 0.3) is 0 Å². The Hall–Kier alpha value is 0.590. The van der Waals surface area contributed by atoms with Crippen LogP contribution >= 0.6 is 0 Å². The van der Waals surface area contributed by atoms with Gasteiger partial charge in [-0.25, -0.2) is 4.89 Å². The summed E-state index contributed by atoms with van der Waals surface area (Å²) in [4.78, 5) is 11.9. The van der Waals surface area contributed by atoms with Gasteiger partial charge in [-0.1, -0.05) is 0 Å². The van der Waals surface area contributed by atoms with Crippen LogP contribution in [0.2, 0.25) is 0 Å². The Balaban J connectivity index is -0.000000109. The van der Waals surface area contributed by atoms with Crippen LogP contribution in [0, 0.1) is 0 Å². The summed E-state index contributed by atoms with van der Waals surface area (Å²) < 4.78 is 0. The largest absolute Gasteiger partial charge is 0.307 e. The van der Waals surface area contributed by atoms with Crippen molar-refractivity contribution in [3.8, 4) is 0 Å². The number of hydrogen-bond acceptors (Lipinski definition) is 3. The fourth-order valence-electron chi connectivity index (χ4n) is 0. The summed E-state index contributed by atoms with van der Waals surface area (Å²) in [5, 5.41) is 7.90. The maximum Gasteiger partial charge on any atom is 0.106 e. The van der Waals surface area contributed by atoms with E-state index in [0.29, 0.717) is 0 Å². The van der Waals surface area contributed by atoms with Crippen molar-refractivity contribution in [1.82, 2.24) is 0 Å². The van der Waals surface area contributed by atoms with Crippen LogP contribution in [0.4, 0.5) is 0 Å². The molecule has 3 nitrogen and oxygen atoms in total. The summed E-state index contributed by atoms with van der Waals surface area (Å²) in [6, 6.07) is 0. The van der Waals surface area contributed by atoms with Crippen molar-refractivity contribution in [1.29, 1.82) is 0 Å². The molecule has 0 heterocycles. The number of rotatable bonds is 0. The van der Waals surface area contributed by atoms with Gasteiger partial charge in [0.25, 0.3) is 0 Å². The molecule has 0 aliphatic heterocycles. The van der Waals surface area contributed by atoms with Gasteiger partial charge >= 0.3 is 0 Å². The van der Waals surface area contributed by atoms with Gasteiger partial charge in [-0.3, -0.25) is 5.26 Å². The summed E-state index contributed by atoms with van der Waals surface area (Å²) in [6.07, 6.45) is 0. The second-order valence-corrected chi connectivity index (χ2v) is 2.20. The van der Waals surface area contributed by atoms with Gasteiger partial charge in [0.1, 0.15) is 6.79 Å². The molecule has 0 aromatic carbocycles. The maximum absolute atomic E-state index is 8.00. The number of carbonyl (C=O) groups is 1. The molecule has 0 aliphatic rings. The molecule has 0 unspecified atom stereocenters. The molecule has 0 atom stereocenters. The molecule has 0 saturated carbocycles. The molecule has 9 heavy (non-hydrogen) atoms. The summed E-state index contributed by atoms with van der Waals surface area (Å²) in [5.41, 5.74) is -0.403. The van der Waals surface area contributed by atoms with Crippen LogP contribution in [0.3, 0.4) is 0 Å². The summed E-state index contributed by atoms with van der Waals surface area (Å²) in [5.74, 6) is 0. The van der Waals surface area contributed by atoms with Crippen molar-refractivity contribution in [3.63, 3.8) is 0 Å². The molecule has 0 aliphatic carbocycles. The molecule has 0 bridgehead atoms. The van der Waals surface area contributed by atoms with Gasteiger partial charge in [0.15, 0.2) is 0 Å². The molecule has 0 rings (SSSR count). The van der Waals surface area contributed by atoms with Crippen molar-refractivity contribution in [2.75, 3.05) is 0 Å². The van der Waals surface area contributed by atoms with Crippen LogP contribution in [-0.4, -0.2) is 47.2 Å². The van der Waals surface area contributed by atoms with E-state index in [1.54, 1.807) is 20.8 Å². The van der Waals surface area contributed by atoms with E-state index in [-0.39, 0.29) is 29.6 Å². The molecule has 0 aromatic heterocycles. The van der Waals surface area contributed by atoms with Gasteiger partial charge in [-0.15, -0.1) is 0 Å². The van der Waals surface area contributed by atoms with E-state index >= 15 is 0 Å². The fourth-order valence-corrected chi connectivity index (χ4v) is 0. The Morgan fingerprint density at radius 2 is 1.44 bits per heavy atom. The Bertz CT molecular complexity index is 50.7. The zero-order valence-corrected chi connectivity index (χ0v) is 8.47. The number of hydrogen-bond donors (Lipinski definition) is 1. The second kappa shape index (κ2) is 8.59. The van der Waals surface area contributed by atoms with E-state index < -0.39 is 5.60 Å². The smallest absolute Gasteiger partial charge is 0.106 e. The Labute approximate surface area is 77.6 Å². The first kappa shape index (κ1) is 16.3. The van der Waals surface area contributed by atoms with Crippen molar-refractivity contribution in [2.45, 2.75) is 26.4 Å². The maximum atomic E-state index is 8.00. The van der Waals surface area contributed by atoms with E-state index in [0.717, 1.165) is 0 Å². The van der Waals surface area contributed by atoms with Crippen molar-refractivity contribution in [2.24, 2.45) is 0 Å². The molecule has 1 N–H and O–H groups in total. The molecule has 0 aromatic rings. The standard InChI is InChI=1S/C4H10O2.CH2O.Na/c1-4(2,3)6-5;1-2;/h5H,1-3H3;1H2;. The zero-order chi connectivity index (χ0) is 7.21. The molecule has 1 radical (unpaired) electrons. The molecular formula is C5H12NaO3. The minimum absolute atomic E-state index is 0. The quantitative estimate of drug-likeness (QED) is 0.308. The minimum Gasteiger partial charge on any atom is -0.307 e. The molecular weight excluding hydrogens is 131 g/mol. The summed E-state index contributed by atoms with van der Waals surface area (Å²) in [7, 11) is 0. The normalized spacial score (nSPS) is 8.44. The van der Waals surface area contributed by atoms with Gasteiger partial charge in [-0.05, 0) is 20.8 Å². The minimum atomic E-state index is -0.403. The average molecular weight is 143 g/mol. The monoisotopic (exact) mass is 143 g/mol. The first-order valence-corrected chi connectivity index (χ1v) is 2.18. The van der Waals surface area contributed by atoms with Gasteiger partial charge in [0.05, 0.1) is 5.60 Å². The second-order valence-electron chi connectivity index (χ2n) is 2.20. The first-order chi connectivity index (χ1) is 3.56. The van der Waals surface area contributed by atoms with E-state index in [2.05, 4.69) is 4.89 Å². The third-order valence-electron chi connectivity index (χ3n) is 0.274. The van der Waals surface area contributed by atoms with E-state index in [1.165, 1.54) is 0 Å². The van der Waals surface area contributed by atoms with Gasteiger partial charge in [0, 0.05) is 29.6 Å². The number of carbonyl (C=O) groups excluding carboxylic acids is 1. The summed E-state index contributed by atoms with van der Waals surface area (Å²) in [6.45, 7) is 7.31. The topological polar surface area (TPSA) is 46.5 Å². The molecule has 51 valence electrons. The van der Waals surface area contributed by atoms with Crippen molar-refractivity contribution < 1.29 is 14.9 Å². The Kier molecular flexibility index (Phi) is 15.6. The fraction of sp³-hybridized carbons (Fsp3) is 0.800. The molecule has 0 amide bonds. The van der Waals surface area contributed by atoms with Gasteiger partial charge < -0.3 is 4.79 Å². The Morgan fingerprint density at radius 3 is 1.44 bits per heavy atom. The van der Waals surface area contributed by atoms with E-state index in [4.69, 9.17) is 10.1 Å². The van der Waals surface area contributed by atoms with Gasteiger partial charge in [0.2, 0.25) is 0 Å². The van der Waals surface area contributed by atoms with Crippen LogP contribution in [0.15, 0.2) is 0 Å². The predicted octanol–water partition coefficient (Wildman–Crippen LogP) is 0.709. The Morgan fingerprint density at radius 1 is 1.33 bits per heavy atom. The van der Waals surface area contributed by atoms with Crippen LogP contribution in [0.5, 0.6) is 0 Å². The molecule has 0 spiro atoms. The molecule has 0 fully saturated rings. The third-order valence-corrected chi connectivity index (χ3v) is 0.274. The predicted molar refractivity (Wildman–Crippen MR) is 36.3 cm³/mol. The van der Waals surface area contributed by atoms with Crippen LogP contribution < -0.4 is 0 Å².